The summed E-state index contributed by atoms with van der Waals surface area (Å²) in [4.78, 5) is 28.8. The summed E-state index contributed by atoms with van der Waals surface area (Å²) in [5.41, 5.74) is 11.0. The number of nitrogens with two attached hydrogens (primary N) is 1. The fraction of sp³-hybridized carbons (Fsp3) is 0.462. The van der Waals surface area contributed by atoms with Gasteiger partial charge in [-0.1, -0.05) is 24.0 Å². The first kappa shape index (κ1) is 25.5. The van der Waals surface area contributed by atoms with Gasteiger partial charge in [0.15, 0.2) is 14.6 Å². The Morgan fingerprint density at radius 1 is 1.19 bits per heavy atom. The van der Waals surface area contributed by atoms with Crippen molar-refractivity contribution < 1.29 is 23.2 Å². The molecule has 3 aliphatic rings. The Labute approximate surface area is 216 Å². The number of fused-ring (bicyclic) bond motifs is 2. The smallest absolute Gasteiger partial charge is 0.327 e. The number of nitrogens with zero attached hydrogens (tertiary/aromatic N) is 3. The molecule has 1 aromatic carbocycles. The van der Waals surface area contributed by atoms with Crippen molar-refractivity contribution in [3.05, 3.63) is 58.9 Å². The first-order valence-electron chi connectivity index (χ1n) is 12.2. The largest absolute Gasteiger partial charge is 0.328 e. The van der Waals surface area contributed by atoms with Crippen LogP contribution in [0.5, 0.6) is 0 Å². The number of piperidine rings is 1. The molecule has 2 aromatic rings. The standard InChI is InChI=1S/C26H31N5O5S/c1-26(24(32)28-34,37(2,35)36)9-10-30-14-20-11-19(13-31(20)25(30)33)8-5-17-3-6-18(7-4-17)12-29-15-21-22(16-29)23(21)27/h3-4,6-7,11,13,21-23,34H,9-10,12,14-16,27H2,1-2H3,(H,28,32)/t21?,22?,23?,26-/m1/s1. The van der Waals surface area contributed by atoms with E-state index in [-0.39, 0.29) is 25.5 Å². The highest BCUT2D eigenvalue weighted by atomic mass is 32.2. The van der Waals surface area contributed by atoms with Gasteiger partial charge >= 0.3 is 6.03 Å². The number of carbonyl (C=O) groups is 2. The van der Waals surface area contributed by atoms with Crippen molar-refractivity contribution in [3.63, 3.8) is 0 Å². The fourth-order valence-electron chi connectivity index (χ4n) is 5.29. The number of rotatable bonds is 7. The van der Waals surface area contributed by atoms with Gasteiger partial charge in [-0.2, -0.15) is 0 Å². The zero-order chi connectivity index (χ0) is 26.5. The number of hydrogen-bond donors (Lipinski definition) is 3. The Morgan fingerprint density at radius 3 is 2.43 bits per heavy atom. The third kappa shape index (κ3) is 4.78. The molecule has 2 unspecified atom stereocenters. The quantitative estimate of drug-likeness (QED) is 0.276. The molecule has 2 fully saturated rings. The van der Waals surface area contributed by atoms with Crippen LogP contribution in [0.4, 0.5) is 4.79 Å². The Morgan fingerprint density at radius 2 is 1.84 bits per heavy atom. The van der Waals surface area contributed by atoms with Crippen LogP contribution in [-0.2, 0) is 27.7 Å². The number of carbonyl (C=O) groups excluding carboxylic acids is 2. The minimum Gasteiger partial charge on any atom is -0.327 e. The fourth-order valence-corrected chi connectivity index (χ4v) is 6.13. The molecular weight excluding hydrogens is 494 g/mol. The van der Waals surface area contributed by atoms with Crippen LogP contribution >= 0.6 is 0 Å². The first-order valence-corrected chi connectivity index (χ1v) is 14.1. The van der Waals surface area contributed by atoms with Crippen LogP contribution in [0, 0.1) is 23.7 Å². The molecule has 0 bridgehead atoms. The van der Waals surface area contributed by atoms with E-state index in [2.05, 4.69) is 28.9 Å². The predicted molar refractivity (Wildman–Crippen MR) is 136 cm³/mol. The van der Waals surface area contributed by atoms with Gasteiger partial charge in [0.2, 0.25) is 0 Å². The van der Waals surface area contributed by atoms with Gasteiger partial charge in [0, 0.05) is 61.5 Å². The number of amides is 2. The Kier molecular flexibility index (Phi) is 6.40. The van der Waals surface area contributed by atoms with E-state index in [1.165, 1.54) is 27.4 Å². The molecule has 11 heteroatoms. The number of sulfone groups is 1. The average Bonchev–Trinajstić information content (AvgIpc) is 3.25. The molecule has 2 amide bonds. The lowest BCUT2D eigenvalue weighted by Crippen LogP contribution is -2.50. The zero-order valence-electron chi connectivity index (χ0n) is 20.8. The summed E-state index contributed by atoms with van der Waals surface area (Å²) in [7, 11) is -3.83. The van der Waals surface area contributed by atoms with Gasteiger partial charge in [0.05, 0.1) is 6.54 Å². The van der Waals surface area contributed by atoms with Crippen LogP contribution in [0.15, 0.2) is 36.5 Å². The van der Waals surface area contributed by atoms with E-state index in [9.17, 15) is 18.0 Å². The van der Waals surface area contributed by atoms with Crippen molar-refractivity contribution >= 4 is 21.8 Å². The number of likely N-dealkylation sites (tertiary alicyclic amines) is 1. The van der Waals surface area contributed by atoms with E-state index >= 15 is 0 Å². The van der Waals surface area contributed by atoms with Gasteiger partial charge in [-0.3, -0.25) is 19.5 Å². The normalized spacial score (nSPS) is 24.2. The number of benzene rings is 1. The number of nitrogens with one attached hydrogen (secondary N) is 1. The van der Waals surface area contributed by atoms with E-state index in [0.29, 0.717) is 23.4 Å². The molecule has 3 heterocycles. The summed E-state index contributed by atoms with van der Waals surface area (Å²) in [6, 6.07) is 10.1. The number of hydrogen-bond acceptors (Lipinski definition) is 7. The van der Waals surface area contributed by atoms with Gasteiger partial charge in [-0.05, 0) is 48.9 Å². The lowest BCUT2D eigenvalue weighted by atomic mass is 10.1. The molecule has 5 rings (SSSR count). The van der Waals surface area contributed by atoms with Crippen LogP contribution < -0.4 is 11.2 Å². The summed E-state index contributed by atoms with van der Waals surface area (Å²) in [5.74, 6) is 6.58. The number of hydroxylamine groups is 1. The lowest BCUT2D eigenvalue weighted by molar-refractivity contribution is -0.131. The van der Waals surface area contributed by atoms with Crippen molar-refractivity contribution in [3.8, 4) is 11.8 Å². The van der Waals surface area contributed by atoms with Gasteiger partial charge in [-0.15, -0.1) is 0 Å². The molecule has 37 heavy (non-hydrogen) atoms. The molecule has 1 saturated heterocycles. The van der Waals surface area contributed by atoms with E-state index in [4.69, 9.17) is 10.9 Å². The molecule has 10 nitrogen and oxygen atoms in total. The highest BCUT2D eigenvalue weighted by Crippen LogP contribution is 2.44. The summed E-state index contributed by atoms with van der Waals surface area (Å²) in [6.45, 7) is 4.64. The SMILES string of the molecule is C[C@@](CCN1Cc2cc(C#Cc3ccc(CN4CC5C(N)C5C4)cc3)cn2C1=O)(C(=O)NO)S(C)(=O)=O. The minimum atomic E-state index is -3.83. The molecule has 0 spiro atoms. The van der Waals surface area contributed by atoms with Gasteiger partial charge in [-0.25, -0.2) is 18.7 Å². The Bertz CT molecular complexity index is 1390. The summed E-state index contributed by atoms with van der Waals surface area (Å²) in [6.07, 6.45) is 2.45. The van der Waals surface area contributed by atoms with E-state index < -0.39 is 20.5 Å². The van der Waals surface area contributed by atoms with Gasteiger partial charge in [0.1, 0.15) is 0 Å². The Balaban J connectivity index is 1.18. The molecule has 1 aliphatic carbocycles. The van der Waals surface area contributed by atoms with Crippen LogP contribution in [0.25, 0.3) is 0 Å². The first-order chi connectivity index (χ1) is 17.5. The molecule has 0 radical (unpaired) electrons. The van der Waals surface area contributed by atoms with Crippen molar-refractivity contribution in [2.24, 2.45) is 17.6 Å². The van der Waals surface area contributed by atoms with Gasteiger partial charge < -0.3 is 10.6 Å². The molecule has 196 valence electrons. The second-order valence-electron chi connectivity index (χ2n) is 10.5. The van der Waals surface area contributed by atoms with Crippen molar-refractivity contribution in [1.29, 1.82) is 0 Å². The molecule has 2 aliphatic heterocycles. The van der Waals surface area contributed by atoms with Crippen LogP contribution in [0.2, 0.25) is 0 Å². The minimum absolute atomic E-state index is 0.0381. The predicted octanol–water partition coefficient (Wildman–Crippen LogP) is 0.759. The third-order valence-electron chi connectivity index (χ3n) is 8.04. The highest BCUT2D eigenvalue weighted by molar-refractivity contribution is 7.92. The second-order valence-corrected chi connectivity index (χ2v) is 13.0. The van der Waals surface area contributed by atoms with Crippen molar-refractivity contribution in [2.75, 3.05) is 25.9 Å². The third-order valence-corrected chi connectivity index (χ3v) is 10.1. The second kappa shape index (κ2) is 9.29. The molecule has 3 atom stereocenters. The lowest BCUT2D eigenvalue weighted by Gasteiger charge is -2.27. The molecular formula is C26H31N5O5S. The maximum absolute atomic E-state index is 12.8. The van der Waals surface area contributed by atoms with Crippen LogP contribution in [0.1, 0.15) is 35.7 Å². The van der Waals surface area contributed by atoms with E-state index in [1.54, 1.807) is 6.20 Å². The molecule has 1 saturated carbocycles. The Hall–Kier alpha value is -3.17. The van der Waals surface area contributed by atoms with Crippen molar-refractivity contribution in [1.82, 2.24) is 19.8 Å². The maximum atomic E-state index is 12.8. The monoisotopic (exact) mass is 525 g/mol. The average molecular weight is 526 g/mol. The van der Waals surface area contributed by atoms with Crippen LogP contribution in [-0.4, -0.2) is 76.6 Å². The van der Waals surface area contributed by atoms with Gasteiger partial charge in [0.25, 0.3) is 5.91 Å². The van der Waals surface area contributed by atoms with E-state index in [1.807, 2.05) is 18.2 Å². The van der Waals surface area contributed by atoms with E-state index in [0.717, 1.165) is 37.1 Å². The molecule has 1 aromatic heterocycles. The highest BCUT2D eigenvalue weighted by Gasteiger charge is 2.53. The summed E-state index contributed by atoms with van der Waals surface area (Å²) in [5, 5.41) is 8.97. The number of aromatic nitrogens is 1. The summed E-state index contributed by atoms with van der Waals surface area (Å²) < 4.78 is 24.0. The maximum Gasteiger partial charge on any atom is 0.328 e. The molecule has 4 N–H and O–H groups in total. The zero-order valence-corrected chi connectivity index (χ0v) is 21.7. The van der Waals surface area contributed by atoms with Crippen molar-refractivity contribution in [2.45, 2.75) is 37.2 Å². The van der Waals surface area contributed by atoms with Crippen LogP contribution in [0.3, 0.4) is 0 Å². The topological polar surface area (TPSA) is 138 Å². The summed E-state index contributed by atoms with van der Waals surface area (Å²) >= 11 is 0.